The Morgan fingerprint density at radius 2 is 1.95 bits per heavy atom. The van der Waals surface area contributed by atoms with Gasteiger partial charge in [-0.2, -0.15) is 5.10 Å². The molecule has 1 aromatic heterocycles. The highest BCUT2D eigenvalue weighted by Gasteiger charge is 2.27. The van der Waals surface area contributed by atoms with Crippen LogP contribution in [-0.4, -0.2) is 22.4 Å². The predicted molar refractivity (Wildman–Crippen MR) is 92.6 cm³/mol. The van der Waals surface area contributed by atoms with Crippen LogP contribution in [0.3, 0.4) is 0 Å². The van der Waals surface area contributed by atoms with E-state index in [0.29, 0.717) is 6.04 Å². The summed E-state index contributed by atoms with van der Waals surface area (Å²) in [4.78, 5) is 0. The minimum absolute atomic E-state index is 0.586. The minimum Gasteiger partial charge on any atom is -0.314 e. The smallest absolute Gasteiger partial charge is 0.0738 e. The Morgan fingerprint density at radius 1 is 1.29 bits per heavy atom. The minimum atomic E-state index is 0.586. The summed E-state index contributed by atoms with van der Waals surface area (Å²) in [6.45, 7) is 10.9. The first kappa shape index (κ1) is 17.0. The first-order chi connectivity index (χ1) is 10.0. The molecule has 0 amide bonds. The maximum Gasteiger partial charge on any atom is 0.0738 e. The molecular weight excluding hydrogens is 326 g/mol. The van der Waals surface area contributed by atoms with Gasteiger partial charge in [0, 0.05) is 12.6 Å². The molecule has 2 rings (SSSR count). The summed E-state index contributed by atoms with van der Waals surface area (Å²) in [6.07, 6.45) is 6.69. The molecule has 120 valence electrons. The van der Waals surface area contributed by atoms with E-state index in [1.165, 1.54) is 48.8 Å². The molecule has 4 heteroatoms. The Hall–Kier alpha value is -0.350. The molecule has 1 aliphatic rings. The predicted octanol–water partition coefficient (Wildman–Crippen LogP) is 4.32. The highest BCUT2D eigenvalue weighted by Crippen LogP contribution is 2.34. The van der Waals surface area contributed by atoms with Crippen molar-refractivity contribution in [1.29, 1.82) is 0 Å². The van der Waals surface area contributed by atoms with Crippen molar-refractivity contribution >= 4 is 15.9 Å². The third-order valence-corrected chi connectivity index (χ3v) is 5.79. The van der Waals surface area contributed by atoms with Gasteiger partial charge in [0.15, 0.2) is 0 Å². The molecule has 1 N–H and O–H groups in total. The highest BCUT2D eigenvalue weighted by molar-refractivity contribution is 9.10. The van der Waals surface area contributed by atoms with Gasteiger partial charge in [-0.1, -0.05) is 26.7 Å². The molecule has 0 spiro atoms. The van der Waals surface area contributed by atoms with E-state index < -0.39 is 0 Å². The standard InChI is InChI=1S/C17H30BrN3/c1-5-21-16(17(18)13(4)20-21)10-14-8-6-7-9-15(14)11-19-12(2)3/h12,14-15,19H,5-11H2,1-4H3. The van der Waals surface area contributed by atoms with Crippen LogP contribution >= 0.6 is 15.9 Å². The lowest BCUT2D eigenvalue weighted by molar-refractivity contribution is 0.221. The maximum atomic E-state index is 4.65. The fraction of sp³-hybridized carbons (Fsp3) is 0.824. The van der Waals surface area contributed by atoms with Crippen LogP contribution in [0.5, 0.6) is 0 Å². The molecule has 0 radical (unpaired) electrons. The number of hydrogen-bond acceptors (Lipinski definition) is 2. The Morgan fingerprint density at radius 3 is 2.57 bits per heavy atom. The average Bonchev–Trinajstić information content (AvgIpc) is 2.74. The van der Waals surface area contributed by atoms with Crippen LogP contribution in [0.2, 0.25) is 0 Å². The van der Waals surface area contributed by atoms with Crippen LogP contribution in [0.15, 0.2) is 4.47 Å². The molecule has 1 aromatic rings. The van der Waals surface area contributed by atoms with Crippen molar-refractivity contribution in [2.24, 2.45) is 11.8 Å². The molecule has 2 atom stereocenters. The number of hydrogen-bond donors (Lipinski definition) is 1. The summed E-state index contributed by atoms with van der Waals surface area (Å²) < 4.78 is 3.41. The summed E-state index contributed by atoms with van der Waals surface area (Å²) in [6, 6.07) is 0.586. The van der Waals surface area contributed by atoms with Gasteiger partial charge in [0.05, 0.1) is 15.9 Å². The van der Waals surface area contributed by atoms with E-state index in [4.69, 9.17) is 0 Å². The lowest BCUT2D eigenvalue weighted by Crippen LogP contribution is -2.35. The number of halogens is 1. The van der Waals surface area contributed by atoms with Gasteiger partial charge in [0.25, 0.3) is 0 Å². The van der Waals surface area contributed by atoms with Crippen molar-refractivity contribution in [1.82, 2.24) is 15.1 Å². The van der Waals surface area contributed by atoms with Crippen LogP contribution in [0.25, 0.3) is 0 Å². The molecule has 1 heterocycles. The van der Waals surface area contributed by atoms with E-state index in [9.17, 15) is 0 Å². The third-order valence-electron chi connectivity index (χ3n) is 4.76. The van der Waals surface area contributed by atoms with Crippen LogP contribution in [-0.2, 0) is 13.0 Å². The fourth-order valence-corrected chi connectivity index (χ4v) is 3.97. The first-order valence-electron chi connectivity index (χ1n) is 8.48. The summed E-state index contributed by atoms with van der Waals surface area (Å²) in [5, 5.41) is 8.29. The van der Waals surface area contributed by atoms with Crippen molar-refractivity contribution in [2.45, 2.75) is 72.4 Å². The van der Waals surface area contributed by atoms with Crippen molar-refractivity contribution in [3.8, 4) is 0 Å². The number of aromatic nitrogens is 2. The van der Waals surface area contributed by atoms with Crippen LogP contribution in [0.4, 0.5) is 0 Å². The van der Waals surface area contributed by atoms with Gasteiger partial charge in [-0.15, -0.1) is 0 Å². The molecule has 2 unspecified atom stereocenters. The molecule has 1 aliphatic carbocycles. The highest BCUT2D eigenvalue weighted by atomic mass is 79.9. The maximum absolute atomic E-state index is 4.65. The number of nitrogens with zero attached hydrogens (tertiary/aromatic N) is 2. The normalized spacial score (nSPS) is 23.0. The molecular formula is C17H30BrN3. The monoisotopic (exact) mass is 355 g/mol. The van der Waals surface area contributed by atoms with Crippen molar-refractivity contribution in [2.75, 3.05) is 6.54 Å². The Kier molecular flexibility index (Phi) is 6.30. The molecule has 3 nitrogen and oxygen atoms in total. The van der Waals surface area contributed by atoms with E-state index >= 15 is 0 Å². The Labute approximate surface area is 138 Å². The van der Waals surface area contributed by atoms with E-state index in [-0.39, 0.29) is 0 Å². The van der Waals surface area contributed by atoms with Gasteiger partial charge in [-0.3, -0.25) is 4.68 Å². The average molecular weight is 356 g/mol. The van der Waals surface area contributed by atoms with Crippen molar-refractivity contribution in [3.05, 3.63) is 15.9 Å². The fourth-order valence-electron chi connectivity index (χ4n) is 3.52. The summed E-state index contributed by atoms with van der Waals surface area (Å²) >= 11 is 3.75. The number of aryl methyl sites for hydroxylation is 2. The second-order valence-corrected chi connectivity index (χ2v) is 7.53. The van der Waals surface area contributed by atoms with Gasteiger partial charge in [0.2, 0.25) is 0 Å². The molecule has 0 saturated heterocycles. The number of nitrogens with one attached hydrogen (secondary N) is 1. The molecule has 1 fully saturated rings. The van der Waals surface area contributed by atoms with E-state index in [0.717, 1.165) is 24.1 Å². The summed E-state index contributed by atoms with van der Waals surface area (Å²) in [5.41, 5.74) is 2.52. The SMILES string of the molecule is CCn1nc(C)c(Br)c1CC1CCCCC1CNC(C)C. The second kappa shape index (κ2) is 7.77. The zero-order valence-electron chi connectivity index (χ0n) is 14.0. The lowest BCUT2D eigenvalue weighted by Gasteiger charge is -2.32. The van der Waals surface area contributed by atoms with Gasteiger partial charge in [0.1, 0.15) is 0 Å². The van der Waals surface area contributed by atoms with Crippen molar-refractivity contribution in [3.63, 3.8) is 0 Å². The van der Waals surface area contributed by atoms with Gasteiger partial charge in [-0.05, 0) is 67.4 Å². The van der Waals surface area contributed by atoms with E-state index in [1.807, 2.05) is 0 Å². The molecule has 0 aromatic carbocycles. The molecule has 0 bridgehead atoms. The largest absolute Gasteiger partial charge is 0.314 e. The Bertz CT molecular complexity index is 453. The summed E-state index contributed by atoms with van der Waals surface area (Å²) in [5.74, 6) is 1.61. The zero-order chi connectivity index (χ0) is 15.4. The quantitative estimate of drug-likeness (QED) is 0.823. The number of rotatable bonds is 6. The topological polar surface area (TPSA) is 29.9 Å². The lowest BCUT2D eigenvalue weighted by atomic mass is 9.76. The third kappa shape index (κ3) is 4.32. The van der Waals surface area contributed by atoms with Crippen molar-refractivity contribution < 1.29 is 0 Å². The Balaban J connectivity index is 2.08. The van der Waals surface area contributed by atoms with Gasteiger partial charge in [-0.25, -0.2) is 0 Å². The first-order valence-corrected chi connectivity index (χ1v) is 9.27. The van der Waals surface area contributed by atoms with Crippen LogP contribution < -0.4 is 5.32 Å². The zero-order valence-corrected chi connectivity index (χ0v) is 15.5. The summed E-state index contributed by atoms with van der Waals surface area (Å²) in [7, 11) is 0. The van der Waals surface area contributed by atoms with E-state index in [2.05, 4.69) is 58.7 Å². The van der Waals surface area contributed by atoms with Gasteiger partial charge < -0.3 is 5.32 Å². The van der Waals surface area contributed by atoms with Crippen LogP contribution in [0, 0.1) is 18.8 Å². The van der Waals surface area contributed by atoms with Crippen LogP contribution in [0.1, 0.15) is 57.8 Å². The molecule has 1 saturated carbocycles. The second-order valence-electron chi connectivity index (χ2n) is 6.73. The van der Waals surface area contributed by atoms with Gasteiger partial charge >= 0.3 is 0 Å². The molecule has 21 heavy (non-hydrogen) atoms. The van der Waals surface area contributed by atoms with E-state index in [1.54, 1.807) is 0 Å². The molecule has 0 aliphatic heterocycles.